The Bertz CT molecular complexity index is 819. The number of hydrogen-bond donors (Lipinski definition) is 5. The predicted molar refractivity (Wildman–Crippen MR) is 134 cm³/mol. The number of ether oxygens (including phenoxy) is 1. The van der Waals surface area contributed by atoms with E-state index >= 15 is 0 Å². The van der Waals surface area contributed by atoms with Crippen molar-refractivity contribution in [3.63, 3.8) is 0 Å². The van der Waals surface area contributed by atoms with Gasteiger partial charge in [-0.3, -0.25) is 19.4 Å². The van der Waals surface area contributed by atoms with Crippen LogP contribution in [0.4, 0.5) is 0 Å². The molecule has 3 unspecified atom stereocenters. The van der Waals surface area contributed by atoms with Crippen LogP contribution in [-0.4, -0.2) is 67.4 Å². The lowest BCUT2D eigenvalue weighted by molar-refractivity contribution is -0.165. The maximum atomic E-state index is 12.0. The fourth-order valence-electron chi connectivity index (χ4n) is 2.66. The van der Waals surface area contributed by atoms with Crippen molar-refractivity contribution in [2.45, 2.75) is 52.2 Å². The van der Waals surface area contributed by atoms with Crippen molar-refractivity contribution in [2.75, 3.05) is 20.1 Å². The molecule has 0 radical (unpaired) electrons. The normalized spacial score (nSPS) is 14.9. The molecule has 0 spiro atoms. The molecular weight excluding hydrogens is 454 g/mol. The Labute approximate surface area is 206 Å². The third kappa shape index (κ3) is 15.9. The second-order valence-electron chi connectivity index (χ2n) is 8.39. The summed E-state index contributed by atoms with van der Waals surface area (Å²) in [6.45, 7) is 5.08. The molecule has 0 heterocycles. The maximum absolute atomic E-state index is 12.0. The standard InChI is InChI=1S/C24H39N5O6/c1-16(2)11-20(23(32)33)35-24(34)19(26)14-28-22(31)15-29-21(30)8-6-5-7-17(3)9-10-18(12-25)13-27-4/h6,8-10,12-13,16-17,19-20H,5,7,11,14-15,25-26H2,1-4H3,(H,28,31)(H,29,30)(H,32,33)/b8-6+,10-9+,18-12-,27-13?. The zero-order chi connectivity index (χ0) is 26.8. The van der Waals surface area contributed by atoms with Gasteiger partial charge < -0.3 is 31.9 Å². The van der Waals surface area contributed by atoms with Crippen molar-refractivity contribution in [3.05, 3.63) is 36.1 Å². The number of esters is 1. The fraction of sp³-hybridized carbons (Fsp3) is 0.542. The molecule has 0 rings (SSSR count). The predicted octanol–water partition coefficient (Wildman–Crippen LogP) is 0.661. The van der Waals surface area contributed by atoms with Gasteiger partial charge in [-0.15, -0.1) is 0 Å². The molecule has 11 nitrogen and oxygen atoms in total. The molecule has 0 saturated carbocycles. The number of carboxylic acids is 1. The van der Waals surface area contributed by atoms with Gasteiger partial charge in [0.1, 0.15) is 6.04 Å². The molecule has 0 aliphatic carbocycles. The van der Waals surface area contributed by atoms with Gasteiger partial charge in [0.25, 0.3) is 0 Å². The van der Waals surface area contributed by atoms with Crippen molar-refractivity contribution in [2.24, 2.45) is 28.3 Å². The van der Waals surface area contributed by atoms with Crippen molar-refractivity contribution < 1.29 is 29.0 Å². The number of nitrogens with two attached hydrogens (primary N) is 2. The van der Waals surface area contributed by atoms with Crippen LogP contribution in [0.25, 0.3) is 0 Å². The van der Waals surface area contributed by atoms with E-state index in [1.807, 2.05) is 19.1 Å². The SMILES string of the molecule is CN=CC(=C\N)/C=C/C(C)CC/C=C/C(=O)NCC(=O)NCC(N)C(=O)OC(CC(C)C)C(=O)O. The number of carbonyl (C=O) groups is 4. The first-order valence-corrected chi connectivity index (χ1v) is 11.4. The van der Waals surface area contributed by atoms with E-state index in [1.54, 1.807) is 33.2 Å². The molecule has 0 aromatic rings. The topological polar surface area (TPSA) is 186 Å². The van der Waals surface area contributed by atoms with Crippen LogP contribution in [-0.2, 0) is 23.9 Å². The Kier molecular flexibility index (Phi) is 16.2. The van der Waals surface area contributed by atoms with Crippen LogP contribution in [0.1, 0.15) is 40.0 Å². The van der Waals surface area contributed by atoms with E-state index in [1.165, 1.54) is 12.3 Å². The van der Waals surface area contributed by atoms with Crippen LogP contribution >= 0.6 is 0 Å². The van der Waals surface area contributed by atoms with Crippen LogP contribution in [0.2, 0.25) is 0 Å². The molecule has 0 fully saturated rings. The minimum absolute atomic E-state index is 0.00525. The molecular formula is C24H39N5O6. The zero-order valence-electron chi connectivity index (χ0n) is 20.9. The molecule has 0 saturated heterocycles. The smallest absolute Gasteiger partial charge is 0.345 e. The largest absolute Gasteiger partial charge is 0.479 e. The number of nitrogens with one attached hydrogen (secondary N) is 2. The number of rotatable bonds is 16. The highest BCUT2D eigenvalue weighted by Crippen LogP contribution is 2.10. The first-order chi connectivity index (χ1) is 16.5. The van der Waals surface area contributed by atoms with Gasteiger partial charge in [0.05, 0.1) is 6.54 Å². The summed E-state index contributed by atoms with van der Waals surface area (Å²) in [6.07, 6.45) is 10.4. The molecule has 0 aromatic carbocycles. The Morgan fingerprint density at radius 3 is 2.37 bits per heavy atom. The maximum Gasteiger partial charge on any atom is 0.345 e. The number of carboxylic acid groups (broad SMARTS) is 1. The molecule has 35 heavy (non-hydrogen) atoms. The third-order valence-corrected chi connectivity index (χ3v) is 4.61. The Hall–Kier alpha value is -3.47. The lowest BCUT2D eigenvalue weighted by Gasteiger charge is -2.18. The zero-order valence-corrected chi connectivity index (χ0v) is 20.9. The van der Waals surface area contributed by atoms with Crippen LogP contribution in [0.3, 0.4) is 0 Å². The summed E-state index contributed by atoms with van der Waals surface area (Å²) in [4.78, 5) is 50.8. The van der Waals surface area contributed by atoms with Gasteiger partial charge in [-0.1, -0.05) is 39.0 Å². The van der Waals surface area contributed by atoms with Gasteiger partial charge in [-0.25, -0.2) is 4.79 Å². The van der Waals surface area contributed by atoms with Gasteiger partial charge in [-0.2, -0.15) is 0 Å². The van der Waals surface area contributed by atoms with E-state index in [0.717, 1.165) is 12.0 Å². The molecule has 196 valence electrons. The Balaban J connectivity index is 4.28. The number of aliphatic imine (C=N–C) groups is 1. The van der Waals surface area contributed by atoms with E-state index in [0.29, 0.717) is 6.42 Å². The molecule has 0 bridgehead atoms. The second kappa shape index (κ2) is 17.9. The van der Waals surface area contributed by atoms with Crippen molar-refractivity contribution in [3.8, 4) is 0 Å². The number of allylic oxidation sites excluding steroid dienone is 4. The van der Waals surface area contributed by atoms with E-state index in [9.17, 15) is 19.2 Å². The summed E-state index contributed by atoms with van der Waals surface area (Å²) < 4.78 is 4.92. The first-order valence-electron chi connectivity index (χ1n) is 11.4. The van der Waals surface area contributed by atoms with Gasteiger partial charge in [0.2, 0.25) is 11.8 Å². The molecule has 0 aliphatic rings. The molecule has 7 N–H and O–H groups in total. The van der Waals surface area contributed by atoms with E-state index in [4.69, 9.17) is 21.3 Å². The highest BCUT2D eigenvalue weighted by Gasteiger charge is 2.26. The summed E-state index contributed by atoms with van der Waals surface area (Å²) in [5, 5.41) is 14.0. The molecule has 0 aliphatic heterocycles. The van der Waals surface area contributed by atoms with Crippen molar-refractivity contribution in [1.82, 2.24) is 10.6 Å². The van der Waals surface area contributed by atoms with Crippen LogP contribution in [0.15, 0.2) is 41.1 Å². The number of aliphatic carboxylic acids is 1. The average molecular weight is 494 g/mol. The monoisotopic (exact) mass is 493 g/mol. The number of hydrogen-bond acceptors (Lipinski definition) is 8. The van der Waals surface area contributed by atoms with Crippen LogP contribution in [0, 0.1) is 11.8 Å². The summed E-state index contributed by atoms with van der Waals surface area (Å²) in [5.41, 5.74) is 12.0. The lowest BCUT2D eigenvalue weighted by Crippen LogP contribution is -2.47. The number of carbonyl (C=O) groups excluding carboxylic acids is 3. The van der Waals surface area contributed by atoms with Crippen molar-refractivity contribution >= 4 is 30.0 Å². The van der Waals surface area contributed by atoms with Gasteiger partial charge in [0.15, 0.2) is 6.10 Å². The summed E-state index contributed by atoms with van der Waals surface area (Å²) in [6, 6.07) is -1.23. The fourth-order valence-corrected chi connectivity index (χ4v) is 2.66. The Morgan fingerprint density at radius 1 is 1.11 bits per heavy atom. The van der Waals surface area contributed by atoms with Gasteiger partial charge in [0, 0.05) is 31.6 Å². The number of amides is 2. The van der Waals surface area contributed by atoms with E-state index < -0.39 is 35.9 Å². The van der Waals surface area contributed by atoms with E-state index in [2.05, 4.69) is 15.6 Å². The molecule has 0 aromatic heterocycles. The molecule has 2 amide bonds. The summed E-state index contributed by atoms with van der Waals surface area (Å²) in [7, 11) is 1.67. The van der Waals surface area contributed by atoms with Gasteiger partial charge in [-0.05, 0) is 37.2 Å². The Morgan fingerprint density at radius 2 is 1.80 bits per heavy atom. The highest BCUT2D eigenvalue weighted by molar-refractivity contribution is 5.91. The minimum Gasteiger partial charge on any atom is -0.479 e. The second-order valence-corrected chi connectivity index (χ2v) is 8.39. The lowest BCUT2D eigenvalue weighted by atomic mass is 10.0. The van der Waals surface area contributed by atoms with Crippen LogP contribution in [0.5, 0.6) is 0 Å². The van der Waals surface area contributed by atoms with Crippen molar-refractivity contribution in [1.29, 1.82) is 0 Å². The molecule has 11 heteroatoms. The number of nitrogens with zero attached hydrogens (tertiary/aromatic N) is 1. The third-order valence-electron chi connectivity index (χ3n) is 4.61. The minimum atomic E-state index is -1.30. The van der Waals surface area contributed by atoms with Crippen LogP contribution < -0.4 is 22.1 Å². The first kappa shape index (κ1) is 31.5. The quantitative estimate of drug-likeness (QED) is 0.0897. The van der Waals surface area contributed by atoms with E-state index in [-0.39, 0.29) is 31.3 Å². The summed E-state index contributed by atoms with van der Waals surface area (Å²) >= 11 is 0. The average Bonchev–Trinajstić information content (AvgIpc) is 2.80. The highest BCUT2D eigenvalue weighted by atomic mass is 16.6. The van der Waals surface area contributed by atoms with Gasteiger partial charge >= 0.3 is 11.9 Å². The summed E-state index contributed by atoms with van der Waals surface area (Å²) in [5.74, 6) is -2.90. The molecule has 3 atom stereocenters.